The Balaban J connectivity index is 1.79. The van der Waals surface area contributed by atoms with Crippen molar-refractivity contribution in [2.45, 2.75) is 11.1 Å². The van der Waals surface area contributed by atoms with Crippen LogP contribution in [0.3, 0.4) is 0 Å². The molecule has 0 spiro atoms. The van der Waals surface area contributed by atoms with E-state index in [9.17, 15) is 14.4 Å². The number of Topliss-reactive ketones (excluding diaryl/α,β-unsaturated/α-hetero) is 2. The largest absolute Gasteiger partial charge is 0.321 e. The van der Waals surface area contributed by atoms with Gasteiger partial charge in [-0.15, -0.1) is 0 Å². The van der Waals surface area contributed by atoms with Crippen molar-refractivity contribution >= 4 is 28.8 Å². The van der Waals surface area contributed by atoms with Crippen LogP contribution in [-0.4, -0.2) is 17.5 Å². The number of anilines is 2. The Labute approximate surface area is 196 Å². The molecule has 6 rings (SSSR count). The number of nitrogens with one attached hydrogen (secondary N) is 1. The number of ketones is 2. The molecule has 2 aliphatic rings. The summed E-state index contributed by atoms with van der Waals surface area (Å²) in [5, 5.41) is 3.00. The predicted molar refractivity (Wildman–Crippen MR) is 129 cm³/mol. The summed E-state index contributed by atoms with van der Waals surface area (Å²) in [7, 11) is 0. The Morgan fingerprint density at radius 3 is 1.91 bits per heavy atom. The quantitative estimate of drug-likeness (QED) is 0.286. The van der Waals surface area contributed by atoms with Crippen molar-refractivity contribution in [1.82, 2.24) is 5.32 Å². The highest BCUT2D eigenvalue weighted by Gasteiger charge is 2.76. The first kappa shape index (κ1) is 20.1. The zero-order chi connectivity index (χ0) is 23.3. The van der Waals surface area contributed by atoms with Crippen molar-refractivity contribution in [1.29, 1.82) is 0 Å². The number of hydrogen-bond donors (Lipinski definition) is 1. The third-order valence-electron chi connectivity index (χ3n) is 6.85. The average Bonchev–Trinajstić information content (AvgIpc) is 3.30. The van der Waals surface area contributed by atoms with Crippen LogP contribution in [0.1, 0.15) is 21.5 Å². The van der Waals surface area contributed by atoms with Gasteiger partial charge >= 0.3 is 0 Å². The van der Waals surface area contributed by atoms with E-state index in [4.69, 9.17) is 0 Å². The Morgan fingerprint density at radius 1 is 0.676 bits per heavy atom. The molecule has 164 valence electrons. The van der Waals surface area contributed by atoms with Crippen LogP contribution in [0.5, 0.6) is 0 Å². The highest BCUT2D eigenvalue weighted by molar-refractivity contribution is 6.50. The first-order valence-electron chi connectivity index (χ1n) is 11.1. The van der Waals surface area contributed by atoms with Gasteiger partial charge in [-0.3, -0.25) is 14.4 Å². The van der Waals surface area contributed by atoms with Crippen LogP contribution in [0, 0.1) is 0 Å². The first-order valence-corrected chi connectivity index (χ1v) is 11.1. The molecule has 1 amide bonds. The van der Waals surface area contributed by atoms with Crippen molar-refractivity contribution in [3.8, 4) is 0 Å². The second-order valence-corrected chi connectivity index (χ2v) is 8.49. The molecule has 0 unspecified atom stereocenters. The van der Waals surface area contributed by atoms with Crippen molar-refractivity contribution in [3.63, 3.8) is 0 Å². The zero-order valence-electron chi connectivity index (χ0n) is 18.1. The maximum absolute atomic E-state index is 14.5. The minimum absolute atomic E-state index is 0.373. The summed E-state index contributed by atoms with van der Waals surface area (Å²) in [5.74, 6) is -1.94. The normalized spacial score (nSPS) is 22.8. The zero-order valence-corrected chi connectivity index (χ0v) is 18.1. The second kappa shape index (κ2) is 7.25. The highest BCUT2D eigenvalue weighted by Crippen LogP contribution is 2.62. The molecule has 0 bridgehead atoms. The number of amides is 1. The van der Waals surface area contributed by atoms with Gasteiger partial charge in [0.2, 0.25) is 5.78 Å². The summed E-state index contributed by atoms with van der Waals surface area (Å²) in [5.41, 5.74) is -0.276. The molecule has 0 radical (unpaired) electrons. The molecule has 5 heteroatoms. The molecule has 0 saturated carbocycles. The lowest BCUT2D eigenvalue weighted by Gasteiger charge is -2.44. The molecule has 1 N–H and O–H groups in total. The Morgan fingerprint density at radius 2 is 1.24 bits per heavy atom. The van der Waals surface area contributed by atoms with Crippen molar-refractivity contribution in [2.24, 2.45) is 0 Å². The molecule has 0 aliphatic carbocycles. The Kier molecular flexibility index (Phi) is 4.29. The SMILES string of the molecule is O=C1N[C@@]2(c3ccccc3)N(c3ccccc3)c3ccccc3[C@@]2(C(=O)c2ccccc2)C1=O. The summed E-state index contributed by atoms with van der Waals surface area (Å²) in [6.07, 6.45) is 0. The van der Waals surface area contributed by atoms with Crippen LogP contribution >= 0.6 is 0 Å². The monoisotopic (exact) mass is 444 g/mol. The van der Waals surface area contributed by atoms with E-state index in [0.29, 0.717) is 22.4 Å². The number of fused-ring (bicyclic) bond motifs is 3. The summed E-state index contributed by atoms with van der Waals surface area (Å²) >= 11 is 0. The molecule has 2 heterocycles. The van der Waals surface area contributed by atoms with Crippen LogP contribution < -0.4 is 10.2 Å². The van der Waals surface area contributed by atoms with Gasteiger partial charge in [0.1, 0.15) is 0 Å². The molecule has 5 nitrogen and oxygen atoms in total. The van der Waals surface area contributed by atoms with E-state index in [1.54, 1.807) is 36.4 Å². The maximum atomic E-state index is 14.5. The highest BCUT2D eigenvalue weighted by atomic mass is 16.2. The lowest BCUT2D eigenvalue weighted by atomic mass is 9.65. The van der Waals surface area contributed by atoms with E-state index < -0.39 is 28.6 Å². The van der Waals surface area contributed by atoms with Gasteiger partial charge < -0.3 is 10.2 Å². The fourth-order valence-electron chi connectivity index (χ4n) is 5.56. The van der Waals surface area contributed by atoms with Gasteiger partial charge in [0.15, 0.2) is 16.9 Å². The van der Waals surface area contributed by atoms with E-state index >= 15 is 0 Å². The third kappa shape index (κ3) is 2.36. The molecule has 1 fully saturated rings. The molecule has 34 heavy (non-hydrogen) atoms. The second-order valence-electron chi connectivity index (χ2n) is 8.49. The molecule has 2 aliphatic heterocycles. The topological polar surface area (TPSA) is 66.5 Å². The maximum Gasteiger partial charge on any atom is 0.291 e. The molecular weight excluding hydrogens is 424 g/mol. The number of para-hydroxylation sites is 2. The van der Waals surface area contributed by atoms with Crippen molar-refractivity contribution < 1.29 is 14.4 Å². The summed E-state index contributed by atoms with van der Waals surface area (Å²) < 4.78 is 0. The molecule has 0 aromatic heterocycles. The van der Waals surface area contributed by atoms with Gasteiger partial charge in [-0.25, -0.2) is 0 Å². The molecule has 4 aromatic carbocycles. The van der Waals surface area contributed by atoms with E-state index in [-0.39, 0.29) is 0 Å². The van der Waals surface area contributed by atoms with Crippen LogP contribution in [-0.2, 0) is 20.7 Å². The predicted octanol–water partition coefficient (Wildman–Crippen LogP) is 4.51. The fraction of sp³-hybridized carbons (Fsp3) is 0.0690. The molecule has 1 saturated heterocycles. The van der Waals surface area contributed by atoms with Crippen molar-refractivity contribution in [2.75, 3.05) is 4.90 Å². The van der Waals surface area contributed by atoms with E-state index in [0.717, 1.165) is 5.69 Å². The van der Waals surface area contributed by atoms with Gasteiger partial charge in [0.05, 0.1) is 0 Å². The van der Waals surface area contributed by atoms with Gasteiger partial charge in [-0.2, -0.15) is 0 Å². The fourth-order valence-corrected chi connectivity index (χ4v) is 5.56. The van der Waals surface area contributed by atoms with Crippen molar-refractivity contribution in [3.05, 3.63) is 132 Å². The van der Waals surface area contributed by atoms with Gasteiger partial charge in [0.25, 0.3) is 5.91 Å². The summed E-state index contributed by atoms with van der Waals surface area (Å²) in [6, 6.07) is 34.9. The number of benzene rings is 4. The summed E-state index contributed by atoms with van der Waals surface area (Å²) in [4.78, 5) is 43.7. The molecule has 4 aromatic rings. The number of rotatable bonds is 4. The van der Waals surface area contributed by atoms with Crippen LogP contribution in [0.25, 0.3) is 0 Å². The van der Waals surface area contributed by atoms with Gasteiger partial charge in [-0.05, 0) is 18.2 Å². The number of carbonyl (C=O) groups is 3. The smallest absolute Gasteiger partial charge is 0.291 e. The Hall–Kier alpha value is -4.51. The van der Waals surface area contributed by atoms with E-state index in [2.05, 4.69) is 5.32 Å². The van der Waals surface area contributed by atoms with Gasteiger partial charge in [0, 0.05) is 28.1 Å². The summed E-state index contributed by atoms with van der Waals surface area (Å²) in [6.45, 7) is 0. The lowest BCUT2D eigenvalue weighted by molar-refractivity contribution is -0.136. The number of carbonyl (C=O) groups excluding carboxylic acids is 3. The standard InChI is InChI=1S/C29H20N2O3/c32-25(20-12-4-1-5-13-20)28-23-18-10-11-19-24(23)31(22-16-8-3-9-17-22)29(28,30-27(34)26(28)33)21-14-6-2-7-15-21/h1-19H,(H,30,34)/t28-,29+/m1/s1. The number of hydrogen-bond acceptors (Lipinski definition) is 4. The van der Waals surface area contributed by atoms with Crippen LogP contribution in [0.4, 0.5) is 11.4 Å². The molecule has 2 atom stereocenters. The van der Waals surface area contributed by atoms with Crippen LogP contribution in [0.2, 0.25) is 0 Å². The van der Waals surface area contributed by atoms with E-state index in [1.807, 2.05) is 83.8 Å². The van der Waals surface area contributed by atoms with Crippen LogP contribution in [0.15, 0.2) is 115 Å². The third-order valence-corrected chi connectivity index (χ3v) is 6.85. The first-order chi connectivity index (χ1) is 16.6. The minimum Gasteiger partial charge on any atom is -0.321 e. The minimum atomic E-state index is -1.81. The lowest BCUT2D eigenvalue weighted by Crippen LogP contribution is -2.62. The number of nitrogens with zero attached hydrogens (tertiary/aromatic N) is 1. The van der Waals surface area contributed by atoms with E-state index in [1.165, 1.54) is 0 Å². The Bertz CT molecular complexity index is 1440. The van der Waals surface area contributed by atoms with Gasteiger partial charge in [-0.1, -0.05) is 97.1 Å². The average molecular weight is 444 g/mol. The molecular formula is C29H20N2O3.